The second-order valence-electron chi connectivity index (χ2n) is 4.93. The third kappa shape index (κ3) is 6.95. The highest BCUT2D eigenvalue weighted by molar-refractivity contribution is 9.10. The number of nitrogens with zero attached hydrogens (tertiary/aromatic N) is 1. The van der Waals surface area contributed by atoms with Gasteiger partial charge in [-0.3, -0.25) is 0 Å². The lowest BCUT2D eigenvalue weighted by molar-refractivity contribution is 0.364. The standard InChI is InChI=1S/C16H23BrN2O/c1-4-11-20-16-8-7-15(17)12-14(16)13-18-9-5-6-10-19(2)3/h1,7-8,12,18H,5-6,9-11,13H2,2-3H3. The molecule has 0 bridgehead atoms. The van der Waals surface area contributed by atoms with Gasteiger partial charge in [-0.25, -0.2) is 0 Å². The Balaban J connectivity index is 2.38. The summed E-state index contributed by atoms with van der Waals surface area (Å²) in [5, 5.41) is 3.45. The number of hydrogen-bond acceptors (Lipinski definition) is 3. The van der Waals surface area contributed by atoms with Crippen LogP contribution in [0, 0.1) is 12.3 Å². The van der Waals surface area contributed by atoms with Gasteiger partial charge >= 0.3 is 0 Å². The molecule has 0 unspecified atom stereocenters. The van der Waals surface area contributed by atoms with Crippen LogP contribution in [0.1, 0.15) is 18.4 Å². The molecule has 0 aliphatic rings. The van der Waals surface area contributed by atoms with Gasteiger partial charge < -0.3 is 15.0 Å². The Morgan fingerprint density at radius 1 is 1.35 bits per heavy atom. The number of hydrogen-bond donors (Lipinski definition) is 1. The first-order valence-corrected chi connectivity index (χ1v) is 7.63. The van der Waals surface area contributed by atoms with Crippen molar-refractivity contribution >= 4 is 15.9 Å². The van der Waals surface area contributed by atoms with E-state index in [0.717, 1.165) is 35.4 Å². The van der Waals surface area contributed by atoms with Crippen LogP contribution in [0.2, 0.25) is 0 Å². The number of ether oxygens (including phenoxy) is 1. The van der Waals surface area contributed by atoms with Gasteiger partial charge in [0.1, 0.15) is 12.4 Å². The maximum Gasteiger partial charge on any atom is 0.148 e. The number of benzene rings is 1. The number of rotatable bonds is 9. The molecule has 0 spiro atoms. The van der Waals surface area contributed by atoms with E-state index in [1.54, 1.807) is 0 Å². The lowest BCUT2D eigenvalue weighted by Crippen LogP contribution is -2.18. The summed E-state index contributed by atoms with van der Waals surface area (Å²) in [7, 11) is 4.20. The summed E-state index contributed by atoms with van der Waals surface area (Å²) in [4.78, 5) is 2.21. The molecule has 0 aliphatic heterocycles. The number of unbranched alkanes of at least 4 members (excludes halogenated alkanes) is 1. The monoisotopic (exact) mass is 338 g/mol. The van der Waals surface area contributed by atoms with Crippen molar-refractivity contribution in [2.24, 2.45) is 0 Å². The predicted molar refractivity (Wildman–Crippen MR) is 88.0 cm³/mol. The summed E-state index contributed by atoms with van der Waals surface area (Å²) in [5.74, 6) is 3.35. The Hall–Kier alpha value is -1.02. The van der Waals surface area contributed by atoms with Crippen molar-refractivity contribution in [1.82, 2.24) is 10.2 Å². The van der Waals surface area contributed by atoms with Crippen molar-refractivity contribution in [3.63, 3.8) is 0 Å². The van der Waals surface area contributed by atoms with Crippen LogP contribution in [0.3, 0.4) is 0 Å². The van der Waals surface area contributed by atoms with E-state index in [4.69, 9.17) is 11.2 Å². The van der Waals surface area contributed by atoms with Crippen LogP contribution in [0.5, 0.6) is 5.75 Å². The summed E-state index contributed by atoms with van der Waals surface area (Å²) in [6.45, 7) is 3.24. The van der Waals surface area contributed by atoms with E-state index in [2.05, 4.69) is 52.2 Å². The third-order valence-electron chi connectivity index (χ3n) is 2.86. The highest BCUT2D eigenvalue weighted by Crippen LogP contribution is 2.23. The fourth-order valence-electron chi connectivity index (χ4n) is 1.85. The Labute approximate surface area is 130 Å². The topological polar surface area (TPSA) is 24.5 Å². The summed E-state index contributed by atoms with van der Waals surface area (Å²) >= 11 is 3.49. The summed E-state index contributed by atoms with van der Waals surface area (Å²) in [6.07, 6.45) is 7.61. The first-order valence-electron chi connectivity index (χ1n) is 6.83. The van der Waals surface area contributed by atoms with Gasteiger partial charge in [-0.05, 0) is 58.2 Å². The highest BCUT2D eigenvalue weighted by atomic mass is 79.9. The molecule has 1 aromatic carbocycles. The first kappa shape index (κ1) is 17.0. The van der Waals surface area contributed by atoms with Crippen LogP contribution >= 0.6 is 15.9 Å². The molecular formula is C16H23BrN2O. The van der Waals surface area contributed by atoms with Crippen LogP contribution in [0.4, 0.5) is 0 Å². The molecule has 0 radical (unpaired) electrons. The fraction of sp³-hybridized carbons (Fsp3) is 0.500. The zero-order valence-corrected chi connectivity index (χ0v) is 13.9. The minimum atomic E-state index is 0.303. The van der Waals surface area contributed by atoms with E-state index in [1.165, 1.54) is 12.8 Å². The van der Waals surface area contributed by atoms with Crippen molar-refractivity contribution in [2.75, 3.05) is 33.8 Å². The predicted octanol–water partition coefficient (Wildman–Crippen LogP) is 2.89. The number of halogens is 1. The summed E-state index contributed by atoms with van der Waals surface area (Å²) in [5.41, 5.74) is 1.13. The van der Waals surface area contributed by atoms with Crippen molar-refractivity contribution < 1.29 is 4.74 Å². The number of terminal acetylenes is 1. The van der Waals surface area contributed by atoms with E-state index < -0.39 is 0 Å². The molecule has 0 atom stereocenters. The van der Waals surface area contributed by atoms with Gasteiger partial charge in [0.15, 0.2) is 0 Å². The van der Waals surface area contributed by atoms with Crippen molar-refractivity contribution in [3.05, 3.63) is 28.2 Å². The Morgan fingerprint density at radius 3 is 2.85 bits per heavy atom. The molecule has 110 valence electrons. The van der Waals surface area contributed by atoms with Gasteiger partial charge in [-0.2, -0.15) is 0 Å². The molecule has 4 heteroatoms. The molecule has 0 fully saturated rings. The normalized spacial score (nSPS) is 10.6. The van der Waals surface area contributed by atoms with Gasteiger partial charge in [-0.15, -0.1) is 6.42 Å². The molecule has 0 aromatic heterocycles. The van der Waals surface area contributed by atoms with Crippen LogP contribution in [0.15, 0.2) is 22.7 Å². The largest absolute Gasteiger partial charge is 0.481 e. The van der Waals surface area contributed by atoms with Crippen LogP contribution < -0.4 is 10.1 Å². The Morgan fingerprint density at radius 2 is 2.15 bits per heavy atom. The van der Waals surface area contributed by atoms with Gasteiger partial charge in [0.25, 0.3) is 0 Å². The lowest BCUT2D eigenvalue weighted by Gasteiger charge is -2.12. The SMILES string of the molecule is C#CCOc1ccc(Br)cc1CNCCCCN(C)C. The zero-order valence-electron chi connectivity index (χ0n) is 12.3. The van der Waals surface area contributed by atoms with E-state index >= 15 is 0 Å². The summed E-state index contributed by atoms with van der Waals surface area (Å²) in [6, 6.07) is 5.98. The first-order chi connectivity index (χ1) is 9.63. The van der Waals surface area contributed by atoms with E-state index in [1.807, 2.05) is 12.1 Å². The average Bonchev–Trinajstić information content (AvgIpc) is 2.41. The molecule has 0 aliphatic carbocycles. The molecular weight excluding hydrogens is 316 g/mol. The molecule has 1 rings (SSSR count). The molecule has 0 heterocycles. The third-order valence-corrected chi connectivity index (χ3v) is 3.35. The fourth-order valence-corrected chi connectivity index (χ4v) is 2.26. The van der Waals surface area contributed by atoms with Gasteiger partial charge in [0.2, 0.25) is 0 Å². The summed E-state index contributed by atoms with van der Waals surface area (Å²) < 4.78 is 6.60. The average molecular weight is 339 g/mol. The Kier molecular flexibility index (Phi) is 8.36. The minimum Gasteiger partial charge on any atom is -0.481 e. The maximum atomic E-state index is 5.55. The van der Waals surface area contributed by atoms with Gasteiger partial charge in [0, 0.05) is 16.6 Å². The van der Waals surface area contributed by atoms with E-state index in [0.29, 0.717) is 6.61 Å². The van der Waals surface area contributed by atoms with Crippen molar-refractivity contribution in [2.45, 2.75) is 19.4 Å². The van der Waals surface area contributed by atoms with E-state index in [9.17, 15) is 0 Å². The van der Waals surface area contributed by atoms with Crippen molar-refractivity contribution in [3.8, 4) is 18.1 Å². The second-order valence-corrected chi connectivity index (χ2v) is 5.85. The molecule has 20 heavy (non-hydrogen) atoms. The van der Waals surface area contributed by atoms with Crippen LogP contribution in [0.25, 0.3) is 0 Å². The second kappa shape index (κ2) is 9.82. The van der Waals surface area contributed by atoms with Crippen LogP contribution in [-0.2, 0) is 6.54 Å². The van der Waals surface area contributed by atoms with E-state index in [-0.39, 0.29) is 0 Å². The van der Waals surface area contributed by atoms with Gasteiger partial charge in [0.05, 0.1) is 0 Å². The zero-order chi connectivity index (χ0) is 14.8. The minimum absolute atomic E-state index is 0.303. The molecule has 1 aromatic rings. The smallest absolute Gasteiger partial charge is 0.148 e. The quantitative estimate of drug-likeness (QED) is 0.553. The highest BCUT2D eigenvalue weighted by Gasteiger charge is 2.04. The molecule has 0 amide bonds. The van der Waals surface area contributed by atoms with Gasteiger partial charge in [-0.1, -0.05) is 21.9 Å². The molecule has 1 N–H and O–H groups in total. The molecule has 3 nitrogen and oxygen atoms in total. The number of nitrogens with one attached hydrogen (secondary N) is 1. The molecule has 0 saturated carbocycles. The van der Waals surface area contributed by atoms with Crippen LogP contribution in [-0.4, -0.2) is 38.7 Å². The lowest BCUT2D eigenvalue weighted by atomic mass is 10.2. The maximum absolute atomic E-state index is 5.55. The Bertz CT molecular complexity index is 441. The van der Waals surface area contributed by atoms with Crippen molar-refractivity contribution in [1.29, 1.82) is 0 Å². The molecule has 0 saturated heterocycles.